The van der Waals surface area contributed by atoms with E-state index in [-0.39, 0.29) is 42.2 Å². The molecule has 3 fully saturated rings. The standard InChI is InChI=1S/C21H30N4O2.ClH/c22-17-6-4-5-16(15-17)20(26)24-13-11-23(12-14-24)19-9-10-25(21(19)27)18-7-2-1-3-8-18;/h1-3,7-8,16-17,19H,4-6,9-15,22H2;1H. The van der Waals surface area contributed by atoms with E-state index in [1.807, 2.05) is 40.1 Å². The van der Waals surface area contributed by atoms with Gasteiger partial charge in [-0.2, -0.15) is 0 Å². The molecule has 1 saturated carbocycles. The van der Waals surface area contributed by atoms with Crippen LogP contribution in [0.2, 0.25) is 0 Å². The molecule has 4 rings (SSSR count). The summed E-state index contributed by atoms with van der Waals surface area (Å²) >= 11 is 0. The molecule has 7 heteroatoms. The second-order valence-electron chi connectivity index (χ2n) is 8.11. The number of amides is 2. The van der Waals surface area contributed by atoms with E-state index in [4.69, 9.17) is 5.73 Å². The van der Waals surface area contributed by atoms with Crippen LogP contribution in [0.5, 0.6) is 0 Å². The molecule has 1 aromatic rings. The van der Waals surface area contributed by atoms with Crippen LogP contribution in [-0.4, -0.2) is 66.4 Å². The van der Waals surface area contributed by atoms with Crippen molar-refractivity contribution >= 4 is 29.9 Å². The van der Waals surface area contributed by atoms with E-state index in [0.717, 1.165) is 70.5 Å². The molecule has 6 nitrogen and oxygen atoms in total. The maximum Gasteiger partial charge on any atom is 0.244 e. The SMILES string of the molecule is Cl.NC1CCCC(C(=O)N2CCN(C3CCN(c4ccccc4)C3=O)CC2)C1. The fourth-order valence-electron chi connectivity index (χ4n) is 4.83. The van der Waals surface area contributed by atoms with Crippen molar-refractivity contribution in [3.05, 3.63) is 30.3 Å². The summed E-state index contributed by atoms with van der Waals surface area (Å²) in [6, 6.07) is 10.0. The second-order valence-corrected chi connectivity index (χ2v) is 8.11. The molecule has 2 heterocycles. The molecule has 1 aromatic carbocycles. The average molecular weight is 407 g/mol. The van der Waals surface area contributed by atoms with Gasteiger partial charge in [-0.05, 0) is 37.8 Å². The number of rotatable bonds is 3. The van der Waals surface area contributed by atoms with Crippen LogP contribution in [0.15, 0.2) is 30.3 Å². The number of anilines is 1. The highest BCUT2D eigenvalue weighted by molar-refractivity contribution is 5.99. The number of para-hydroxylation sites is 1. The molecular formula is C21H31ClN4O2. The van der Waals surface area contributed by atoms with Crippen molar-refractivity contribution in [2.45, 2.75) is 44.2 Å². The van der Waals surface area contributed by atoms with Gasteiger partial charge in [0.25, 0.3) is 0 Å². The lowest BCUT2D eigenvalue weighted by Crippen LogP contribution is -2.55. The van der Waals surface area contributed by atoms with E-state index in [1.54, 1.807) is 0 Å². The number of piperazine rings is 1. The fourth-order valence-corrected chi connectivity index (χ4v) is 4.83. The first-order valence-corrected chi connectivity index (χ1v) is 10.3. The Kier molecular flexibility index (Phi) is 6.96. The summed E-state index contributed by atoms with van der Waals surface area (Å²) in [5, 5.41) is 0. The van der Waals surface area contributed by atoms with Crippen LogP contribution >= 0.6 is 12.4 Å². The van der Waals surface area contributed by atoms with Gasteiger partial charge in [0.15, 0.2) is 0 Å². The monoisotopic (exact) mass is 406 g/mol. The van der Waals surface area contributed by atoms with E-state index in [2.05, 4.69) is 4.90 Å². The molecule has 3 aliphatic rings. The normalized spacial score (nSPS) is 28.9. The summed E-state index contributed by atoms with van der Waals surface area (Å²) in [6.45, 7) is 3.78. The largest absolute Gasteiger partial charge is 0.340 e. The molecule has 0 radical (unpaired) electrons. The van der Waals surface area contributed by atoms with Crippen LogP contribution in [0.3, 0.4) is 0 Å². The van der Waals surface area contributed by atoms with Crippen molar-refractivity contribution in [3.8, 4) is 0 Å². The Balaban J connectivity index is 0.00000225. The summed E-state index contributed by atoms with van der Waals surface area (Å²) in [5.41, 5.74) is 7.03. The molecular weight excluding hydrogens is 376 g/mol. The van der Waals surface area contributed by atoms with Crippen molar-refractivity contribution in [2.75, 3.05) is 37.6 Å². The summed E-state index contributed by atoms with van der Waals surface area (Å²) in [4.78, 5) is 31.9. The minimum atomic E-state index is -0.0504. The molecule has 2 N–H and O–H groups in total. The Morgan fingerprint density at radius 1 is 0.964 bits per heavy atom. The Labute approximate surface area is 173 Å². The molecule has 28 heavy (non-hydrogen) atoms. The van der Waals surface area contributed by atoms with Crippen molar-refractivity contribution in [2.24, 2.45) is 11.7 Å². The third-order valence-corrected chi connectivity index (χ3v) is 6.38. The van der Waals surface area contributed by atoms with E-state index >= 15 is 0 Å². The van der Waals surface area contributed by atoms with E-state index in [9.17, 15) is 9.59 Å². The third-order valence-electron chi connectivity index (χ3n) is 6.38. The van der Waals surface area contributed by atoms with Crippen molar-refractivity contribution < 1.29 is 9.59 Å². The third kappa shape index (κ3) is 4.34. The minimum absolute atomic E-state index is 0. The molecule has 2 saturated heterocycles. The van der Waals surface area contributed by atoms with Crippen molar-refractivity contribution in [3.63, 3.8) is 0 Å². The Hall–Kier alpha value is -1.63. The van der Waals surface area contributed by atoms with Crippen LogP contribution in [0.1, 0.15) is 32.1 Å². The first-order valence-electron chi connectivity index (χ1n) is 10.3. The van der Waals surface area contributed by atoms with E-state index < -0.39 is 0 Å². The minimum Gasteiger partial charge on any atom is -0.340 e. The van der Waals surface area contributed by atoms with Crippen LogP contribution in [0.25, 0.3) is 0 Å². The van der Waals surface area contributed by atoms with Gasteiger partial charge < -0.3 is 15.5 Å². The number of carbonyl (C=O) groups excluding carboxylic acids is 2. The molecule has 2 aliphatic heterocycles. The van der Waals surface area contributed by atoms with Crippen LogP contribution in [-0.2, 0) is 9.59 Å². The zero-order valence-electron chi connectivity index (χ0n) is 16.3. The highest BCUT2D eigenvalue weighted by Crippen LogP contribution is 2.27. The van der Waals surface area contributed by atoms with Crippen molar-refractivity contribution in [1.29, 1.82) is 0 Å². The molecule has 1 aliphatic carbocycles. The van der Waals surface area contributed by atoms with Gasteiger partial charge >= 0.3 is 0 Å². The van der Waals surface area contributed by atoms with Crippen LogP contribution in [0.4, 0.5) is 5.69 Å². The maximum atomic E-state index is 12.9. The lowest BCUT2D eigenvalue weighted by atomic mass is 9.85. The molecule has 0 aromatic heterocycles. The fraction of sp³-hybridized carbons (Fsp3) is 0.619. The smallest absolute Gasteiger partial charge is 0.244 e. The molecule has 0 spiro atoms. The molecule has 0 bridgehead atoms. The zero-order chi connectivity index (χ0) is 18.8. The van der Waals surface area contributed by atoms with Gasteiger partial charge in [0, 0.05) is 50.4 Å². The summed E-state index contributed by atoms with van der Waals surface area (Å²) < 4.78 is 0. The number of benzene rings is 1. The van der Waals surface area contributed by atoms with Crippen molar-refractivity contribution in [1.82, 2.24) is 9.80 Å². The summed E-state index contributed by atoms with van der Waals surface area (Å²) in [6.07, 6.45) is 4.76. The Bertz CT molecular complexity index is 678. The zero-order valence-corrected chi connectivity index (χ0v) is 17.2. The van der Waals surface area contributed by atoms with Gasteiger partial charge in [0.1, 0.15) is 0 Å². The quantitative estimate of drug-likeness (QED) is 0.832. The maximum absolute atomic E-state index is 12.9. The highest BCUT2D eigenvalue weighted by atomic mass is 35.5. The number of hydrogen-bond acceptors (Lipinski definition) is 4. The average Bonchev–Trinajstić information content (AvgIpc) is 3.09. The van der Waals surface area contributed by atoms with Gasteiger partial charge in [-0.1, -0.05) is 24.6 Å². The molecule has 3 unspecified atom stereocenters. The Morgan fingerprint density at radius 2 is 1.68 bits per heavy atom. The molecule has 2 amide bonds. The number of hydrogen-bond donors (Lipinski definition) is 1. The summed E-state index contributed by atoms with van der Waals surface area (Å²) in [5.74, 6) is 0.565. The lowest BCUT2D eigenvalue weighted by molar-refractivity contribution is -0.139. The number of nitrogens with zero attached hydrogens (tertiary/aromatic N) is 3. The second kappa shape index (κ2) is 9.25. The Morgan fingerprint density at radius 3 is 2.36 bits per heavy atom. The first-order chi connectivity index (χ1) is 13.1. The van der Waals surface area contributed by atoms with Gasteiger partial charge in [-0.25, -0.2) is 0 Å². The predicted molar refractivity (Wildman–Crippen MR) is 113 cm³/mol. The van der Waals surface area contributed by atoms with E-state index in [0.29, 0.717) is 0 Å². The molecule has 154 valence electrons. The van der Waals surface area contributed by atoms with Crippen LogP contribution < -0.4 is 10.6 Å². The predicted octanol–water partition coefficient (Wildman–Crippen LogP) is 1.88. The van der Waals surface area contributed by atoms with Gasteiger partial charge in [-0.15, -0.1) is 12.4 Å². The number of nitrogens with two attached hydrogens (primary N) is 1. The lowest BCUT2D eigenvalue weighted by Gasteiger charge is -2.39. The number of halogens is 1. The molecule has 3 atom stereocenters. The van der Waals surface area contributed by atoms with Crippen LogP contribution in [0, 0.1) is 5.92 Å². The first kappa shape index (κ1) is 21.1. The number of carbonyl (C=O) groups is 2. The topological polar surface area (TPSA) is 69.9 Å². The van der Waals surface area contributed by atoms with Gasteiger partial charge in [-0.3, -0.25) is 14.5 Å². The summed E-state index contributed by atoms with van der Waals surface area (Å²) in [7, 11) is 0. The van der Waals surface area contributed by atoms with Gasteiger partial charge in [0.2, 0.25) is 11.8 Å². The van der Waals surface area contributed by atoms with Gasteiger partial charge in [0.05, 0.1) is 6.04 Å². The highest BCUT2D eigenvalue weighted by Gasteiger charge is 2.39. The van der Waals surface area contributed by atoms with E-state index in [1.165, 1.54) is 0 Å².